The SMILES string of the molecule is c1ccc(-n2c3ccccc3c3cc4c5c(ccc6c7[nH]c8ccccc8c7cc(c65)n4C4=Nc5oc6ccccc6c5C(c5ccc6ccccc6c5)N4)c32)cc1. The molecule has 13 aromatic rings. The first kappa shape index (κ1) is 30.4. The van der Waals surface area contributed by atoms with Gasteiger partial charge in [0.2, 0.25) is 11.8 Å². The van der Waals surface area contributed by atoms with Gasteiger partial charge in [0.05, 0.1) is 39.2 Å². The summed E-state index contributed by atoms with van der Waals surface area (Å²) in [6.07, 6.45) is 0. The number of para-hydroxylation sites is 4. The summed E-state index contributed by atoms with van der Waals surface area (Å²) in [6.45, 7) is 0. The lowest BCUT2D eigenvalue weighted by atomic mass is 9.94. The lowest BCUT2D eigenvalue weighted by Crippen LogP contribution is -2.36. The fourth-order valence-corrected chi connectivity index (χ4v) is 10.2. The van der Waals surface area contributed by atoms with Gasteiger partial charge in [0.15, 0.2) is 0 Å². The molecular formula is C52H31N5O. The van der Waals surface area contributed by atoms with E-state index in [4.69, 9.17) is 9.41 Å². The Hall–Kier alpha value is -7.83. The van der Waals surface area contributed by atoms with Crippen LogP contribution in [0.2, 0.25) is 0 Å². The number of rotatable bonds is 2. The summed E-state index contributed by atoms with van der Waals surface area (Å²) in [6, 6.07) is 61.0. The molecule has 6 heteroatoms. The standard InChI is InChI=1S/C52H31N5O/c1-2-14-32(15-3-1)56-41-20-10-7-17-34(41)39-28-43-46-37(50(39)56)25-24-36-45(46)42(27-38-33-16-6-9-19-40(33)53-49(36)38)57(43)52-54-48(31-23-22-29-12-4-5-13-30(29)26-31)47-35-18-8-11-21-44(35)58-51(47)55-52/h1-28,48,53H,(H,54,55). The van der Waals surface area contributed by atoms with Gasteiger partial charge >= 0.3 is 0 Å². The molecule has 0 spiro atoms. The van der Waals surface area contributed by atoms with Crippen molar-refractivity contribution in [1.82, 2.24) is 19.4 Å². The summed E-state index contributed by atoms with van der Waals surface area (Å²) in [4.78, 5) is 9.25. The first-order chi connectivity index (χ1) is 28.8. The smallest absolute Gasteiger partial charge is 0.228 e. The van der Waals surface area contributed by atoms with Crippen LogP contribution in [0.1, 0.15) is 17.2 Å². The number of aliphatic imine (C=N–C) groups is 1. The van der Waals surface area contributed by atoms with Gasteiger partial charge < -0.3 is 19.3 Å². The van der Waals surface area contributed by atoms with Gasteiger partial charge in [-0.05, 0) is 64.9 Å². The van der Waals surface area contributed by atoms with Crippen LogP contribution >= 0.6 is 0 Å². The van der Waals surface area contributed by atoms with E-state index >= 15 is 0 Å². The van der Waals surface area contributed by atoms with E-state index in [-0.39, 0.29) is 6.04 Å². The summed E-state index contributed by atoms with van der Waals surface area (Å²) >= 11 is 0. The Labute approximate surface area is 330 Å². The van der Waals surface area contributed by atoms with Crippen molar-refractivity contribution in [3.63, 3.8) is 0 Å². The summed E-state index contributed by atoms with van der Waals surface area (Å²) in [7, 11) is 0. The van der Waals surface area contributed by atoms with Gasteiger partial charge in [-0.15, -0.1) is 0 Å². The second kappa shape index (κ2) is 10.9. The molecule has 0 radical (unpaired) electrons. The van der Waals surface area contributed by atoms with Gasteiger partial charge in [0.25, 0.3) is 0 Å². The van der Waals surface area contributed by atoms with Crippen LogP contribution in [0.3, 0.4) is 0 Å². The van der Waals surface area contributed by atoms with E-state index in [9.17, 15) is 0 Å². The topological polar surface area (TPSA) is 63.2 Å². The molecule has 0 fully saturated rings. The molecule has 58 heavy (non-hydrogen) atoms. The summed E-state index contributed by atoms with van der Waals surface area (Å²) in [5.74, 6) is 1.36. The maximum absolute atomic E-state index is 6.68. The van der Waals surface area contributed by atoms with Crippen LogP contribution in [0.25, 0.3) is 104 Å². The maximum atomic E-state index is 6.68. The molecule has 270 valence electrons. The zero-order valence-corrected chi connectivity index (χ0v) is 31.0. The van der Waals surface area contributed by atoms with Gasteiger partial charge in [-0.1, -0.05) is 121 Å². The predicted octanol–water partition coefficient (Wildman–Crippen LogP) is 13.2. The minimum absolute atomic E-state index is 0.217. The molecule has 0 aliphatic carbocycles. The molecule has 0 saturated carbocycles. The molecular weight excluding hydrogens is 711 g/mol. The minimum atomic E-state index is -0.217. The predicted molar refractivity (Wildman–Crippen MR) is 239 cm³/mol. The molecule has 0 saturated heterocycles. The summed E-state index contributed by atoms with van der Waals surface area (Å²) in [5, 5.41) is 17.1. The Morgan fingerprint density at radius 3 is 2.10 bits per heavy atom. The highest BCUT2D eigenvalue weighted by Gasteiger charge is 2.33. The van der Waals surface area contributed by atoms with Crippen LogP contribution in [0.4, 0.5) is 5.88 Å². The van der Waals surface area contributed by atoms with Crippen LogP contribution < -0.4 is 5.32 Å². The molecule has 5 heterocycles. The average molecular weight is 742 g/mol. The van der Waals surface area contributed by atoms with E-state index in [0.717, 1.165) is 55.8 Å². The van der Waals surface area contributed by atoms with E-state index in [2.05, 4.69) is 177 Å². The van der Waals surface area contributed by atoms with Crippen molar-refractivity contribution in [3.05, 3.63) is 181 Å². The first-order valence-electron chi connectivity index (χ1n) is 19.8. The maximum Gasteiger partial charge on any atom is 0.228 e. The Morgan fingerprint density at radius 2 is 1.21 bits per heavy atom. The van der Waals surface area contributed by atoms with Crippen molar-refractivity contribution in [1.29, 1.82) is 0 Å². The lowest BCUT2D eigenvalue weighted by molar-refractivity contribution is 0.601. The highest BCUT2D eigenvalue weighted by molar-refractivity contribution is 6.37. The number of hydrogen-bond acceptors (Lipinski definition) is 3. The Kier molecular flexibility index (Phi) is 5.73. The van der Waals surface area contributed by atoms with Crippen LogP contribution in [-0.4, -0.2) is 20.1 Å². The molecule has 2 N–H and O–H groups in total. The van der Waals surface area contributed by atoms with E-state index < -0.39 is 0 Å². The van der Waals surface area contributed by atoms with Crippen LogP contribution in [-0.2, 0) is 0 Å². The fraction of sp³-hybridized carbons (Fsp3) is 0.0192. The number of H-pyrrole nitrogens is 1. The molecule has 0 bridgehead atoms. The third kappa shape index (κ3) is 3.88. The normalized spacial score (nSPS) is 14.6. The molecule has 1 atom stereocenters. The highest BCUT2D eigenvalue weighted by Crippen LogP contribution is 2.48. The second-order valence-corrected chi connectivity index (χ2v) is 15.7. The lowest BCUT2D eigenvalue weighted by Gasteiger charge is -2.26. The molecule has 1 aliphatic rings. The van der Waals surface area contributed by atoms with Crippen molar-refractivity contribution < 1.29 is 4.42 Å². The van der Waals surface area contributed by atoms with Gasteiger partial charge in [0.1, 0.15) is 5.58 Å². The third-order valence-electron chi connectivity index (χ3n) is 12.7. The number of aromatic amines is 1. The molecule has 9 aromatic carbocycles. The zero-order chi connectivity index (χ0) is 37.6. The fourth-order valence-electron chi connectivity index (χ4n) is 10.2. The first-order valence-corrected chi connectivity index (χ1v) is 19.8. The van der Waals surface area contributed by atoms with Crippen molar-refractivity contribution >= 4 is 110 Å². The molecule has 1 aliphatic heterocycles. The summed E-state index contributed by atoms with van der Waals surface area (Å²) < 4.78 is 11.5. The Bertz CT molecular complexity index is 3900. The number of benzene rings is 9. The Morgan fingerprint density at radius 1 is 0.500 bits per heavy atom. The molecule has 6 nitrogen and oxygen atoms in total. The summed E-state index contributed by atoms with van der Waals surface area (Å²) in [5.41, 5.74) is 11.0. The number of furan rings is 1. The molecule has 1 unspecified atom stereocenters. The average Bonchev–Trinajstić information content (AvgIpc) is 4.03. The molecule has 0 amide bonds. The van der Waals surface area contributed by atoms with Crippen molar-refractivity contribution in [2.24, 2.45) is 4.99 Å². The van der Waals surface area contributed by atoms with E-state index in [0.29, 0.717) is 5.88 Å². The Balaban J connectivity index is 1.14. The number of nitrogens with one attached hydrogen (secondary N) is 2. The molecule has 14 rings (SSSR count). The van der Waals surface area contributed by atoms with E-state index in [1.54, 1.807) is 0 Å². The minimum Gasteiger partial charge on any atom is -0.438 e. The zero-order valence-electron chi connectivity index (χ0n) is 31.0. The number of hydrogen-bond donors (Lipinski definition) is 2. The number of nitrogens with zero attached hydrogens (tertiary/aromatic N) is 3. The van der Waals surface area contributed by atoms with Crippen LogP contribution in [0, 0.1) is 0 Å². The largest absolute Gasteiger partial charge is 0.438 e. The third-order valence-corrected chi connectivity index (χ3v) is 12.7. The molecule has 4 aromatic heterocycles. The van der Waals surface area contributed by atoms with Crippen molar-refractivity contribution in [2.75, 3.05) is 0 Å². The van der Waals surface area contributed by atoms with Gasteiger partial charge in [-0.3, -0.25) is 4.57 Å². The quantitative estimate of drug-likeness (QED) is 0.173. The monoisotopic (exact) mass is 741 g/mol. The highest BCUT2D eigenvalue weighted by atomic mass is 16.3. The van der Waals surface area contributed by atoms with Crippen LogP contribution in [0.5, 0.6) is 0 Å². The van der Waals surface area contributed by atoms with E-state index in [1.807, 2.05) is 12.1 Å². The number of aromatic nitrogens is 3. The number of fused-ring (bicyclic) bond motifs is 12. The van der Waals surface area contributed by atoms with Gasteiger partial charge in [-0.25, -0.2) is 0 Å². The van der Waals surface area contributed by atoms with Gasteiger partial charge in [0, 0.05) is 59.7 Å². The van der Waals surface area contributed by atoms with Crippen molar-refractivity contribution in [3.8, 4) is 5.69 Å². The van der Waals surface area contributed by atoms with E-state index in [1.165, 1.54) is 64.9 Å². The van der Waals surface area contributed by atoms with Crippen LogP contribution in [0.15, 0.2) is 179 Å². The van der Waals surface area contributed by atoms with Crippen molar-refractivity contribution in [2.45, 2.75) is 6.04 Å². The van der Waals surface area contributed by atoms with Gasteiger partial charge in [-0.2, -0.15) is 4.99 Å². The second-order valence-electron chi connectivity index (χ2n) is 15.7.